The number of nitrogens with two attached hydrogens (primary N) is 1. The highest BCUT2D eigenvalue weighted by atomic mass is 35.5. The number of fused-ring (bicyclic) bond motifs is 1. The maximum absolute atomic E-state index is 12.7. The lowest BCUT2D eigenvalue weighted by Crippen LogP contribution is -2.13. The zero-order valence-corrected chi connectivity index (χ0v) is 19.0. The minimum absolute atomic E-state index is 0.263. The summed E-state index contributed by atoms with van der Waals surface area (Å²) in [7, 11) is 0. The number of aromatic nitrogens is 4. The average Bonchev–Trinajstić information content (AvgIpc) is 3.38. The number of rotatable bonds is 5. The first-order valence-corrected chi connectivity index (χ1v) is 11.2. The summed E-state index contributed by atoms with van der Waals surface area (Å²) in [5.74, 6) is -0.0177. The fraction of sp³-hybridized carbons (Fsp3) is 0.0435. The summed E-state index contributed by atoms with van der Waals surface area (Å²) in [6.45, 7) is 1.94. The van der Waals surface area contributed by atoms with Crippen LogP contribution in [0.1, 0.15) is 16.1 Å². The van der Waals surface area contributed by atoms with E-state index in [1.165, 1.54) is 11.3 Å². The minimum Gasteiger partial charge on any atom is -0.382 e. The highest BCUT2D eigenvalue weighted by Crippen LogP contribution is 2.30. The molecule has 8 nitrogen and oxygen atoms in total. The topological polar surface area (TPSA) is 110 Å². The number of imidazole rings is 1. The van der Waals surface area contributed by atoms with E-state index >= 15 is 0 Å². The number of benzene rings is 1. The van der Waals surface area contributed by atoms with Gasteiger partial charge in [-0.2, -0.15) is 0 Å². The third kappa shape index (κ3) is 4.23. The number of pyridine rings is 2. The molecule has 0 aliphatic rings. The molecule has 0 spiro atoms. The van der Waals surface area contributed by atoms with E-state index in [9.17, 15) is 4.79 Å². The van der Waals surface area contributed by atoms with Crippen LogP contribution in [0.3, 0.4) is 0 Å². The molecule has 4 aromatic heterocycles. The maximum Gasteiger partial charge on any atom is 0.255 e. The van der Waals surface area contributed by atoms with Gasteiger partial charge >= 0.3 is 0 Å². The van der Waals surface area contributed by atoms with Crippen LogP contribution in [0.25, 0.3) is 17.0 Å². The Morgan fingerprint density at radius 2 is 2.03 bits per heavy atom. The lowest BCUT2D eigenvalue weighted by atomic mass is 10.2. The van der Waals surface area contributed by atoms with Crippen molar-refractivity contribution in [2.45, 2.75) is 6.92 Å². The molecular weight excluding hydrogens is 458 g/mol. The zero-order valence-electron chi connectivity index (χ0n) is 17.4. The molecule has 0 bridgehead atoms. The molecule has 0 aliphatic heterocycles. The number of halogens is 1. The van der Waals surface area contributed by atoms with Crippen LogP contribution in [0.5, 0.6) is 0 Å². The zero-order chi connectivity index (χ0) is 22.9. The van der Waals surface area contributed by atoms with E-state index in [4.69, 9.17) is 22.3 Å². The Morgan fingerprint density at radius 1 is 1.15 bits per heavy atom. The molecule has 5 rings (SSSR count). The molecule has 4 N–H and O–H groups in total. The normalized spacial score (nSPS) is 11.0. The average molecular weight is 476 g/mol. The number of nitrogens with one attached hydrogen (secondary N) is 2. The van der Waals surface area contributed by atoms with Crippen molar-refractivity contribution in [2.24, 2.45) is 0 Å². The molecule has 4 heterocycles. The van der Waals surface area contributed by atoms with Crippen LogP contribution < -0.4 is 16.4 Å². The number of hydrogen-bond acceptors (Lipinski definition) is 7. The third-order valence-corrected chi connectivity index (χ3v) is 5.95. The van der Waals surface area contributed by atoms with Gasteiger partial charge in [0.05, 0.1) is 22.1 Å². The van der Waals surface area contributed by atoms with Crippen molar-refractivity contribution >= 4 is 56.8 Å². The van der Waals surface area contributed by atoms with E-state index in [-0.39, 0.29) is 11.7 Å². The van der Waals surface area contributed by atoms with Crippen LogP contribution in [0.4, 0.5) is 22.3 Å². The Balaban J connectivity index is 1.37. The van der Waals surface area contributed by atoms with Gasteiger partial charge in [-0.3, -0.25) is 9.20 Å². The largest absolute Gasteiger partial charge is 0.382 e. The molecule has 0 radical (unpaired) electrons. The lowest BCUT2D eigenvalue weighted by molar-refractivity contribution is 0.102. The molecule has 0 saturated heterocycles. The molecule has 0 unspecified atom stereocenters. The first-order valence-electron chi connectivity index (χ1n) is 9.97. The van der Waals surface area contributed by atoms with Gasteiger partial charge in [-0.25, -0.2) is 15.0 Å². The molecule has 0 atom stereocenters. The molecule has 0 saturated carbocycles. The fourth-order valence-corrected chi connectivity index (χ4v) is 4.34. The monoisotopic (exact) mass is 475 g/mol. The van der Waals surface area contributed by atoms with Crippen molar-refractivity contribution in [1.82, 2.24) is 19.4 Å². The van der Waals surface area contributed by atoms with E-state index in [2.05, 4.69) is 20.6 Å². The summed E-state index contributed by atoms with van der Waals surface area (Å²) in [5.41, 5.74) is 10.8. The van der Waals surface area contributed by atoms with Gasteiger partial charge in [-0.15, -0.1) is 11.3 Å². The lowest BCUT2D eigenvalue weighted by Gasteiger charge is -2.09. The first-order chi connectivity index (χ1) is 16.0. The standard InChI is InChI=1S/C23H18ClN7OS/c1-13-20(31-11-15(24)7-8-19(31)27-13)18-12-33-23(30-18)28-16-5-2-4-14(10-16)22(32)29-17-6-3-9-26-21(17)25/h2-12H,1H3,(H2,25,26)(H,28,30)(H,29,32). The number of carbonyl (C=O) groups is 1. The Bertz CT molecular complexity index is 1490. The molecule has 1 aromatic carbocycles. The number of nitrogen functional groups attached to an aromatic ring is 1. The number of hydrogen-bond donors (Lipinski definition) is 3. The Morgan fingerprint density at radius 3 is 2.88 bits per heavy atom. The van der Waals surface area contributed by atoms with Crippen molar-refractivity contribution in [1.29, 1.82) is 0 Å². The summed E-state index contributed by atoms with van der Waals surface area (Å²) in [5, 5.41) is 9.32. The molecule has 5 aromatic rings. The smallest absolute Gasteiger partial charge is 0.255 e. The number of amides is 1. The van der Waals surface area contributed by atoms with Crippen LogP contribution in [-0.4, -0.2) is 25.3 Å². The van der Waals surface area contributed by atoms with E-state index in [1.54, 1.807) is 36.5 Å². The number of anilines is 4. The van der Waals surface area contributed by atoms with Crippen LogP contribution >= 0.6 is 22.9 Å². The number of carbonyl (C=O) groups excluding carboxylic acids is 1. The van der Waals surface area contributed by atoms with Gasteiger partial charge in [0.15, 0.2) is 5.13 Å². The van der Waals surface area contributed by atoms with E-state index < -0.39 is 0 Å². The summed E-state index contributed by atoms with van der Waals surface area (Å²) >= 11 is 7.64. The Labute approximate surface area is 198 Å². The summed E-state index contributed by atoms with van der Waals surface area (Å²) in [6, 6.07) is 14.3. The number of thiazole rings is 1. The quantitative estimate of drug-likeness (QED) is 0.314. The van der Waals surface area contributed by atoms with Gasteiger partial charge in [0.2, 0.25) is 0 Å². The second-order valence-corrected chi connectivity index (χ2v) is 8.55. The summed E-state index contributed by atoms with van der Waals surface area (Å²) in [4.78, 5) is 26.0. The van der Waals surface area contributed by atoms with E-state index in [1.807, 2.05) is 41.1 Å². The van der Waals surface area contributed by atoms with Gasteiger partial charge in [0.25, 0.3) is 5.91 Å². The van der Waals surface area contributed by atoms with Crippen LogP contribution in [0, 0.1) is 6.92 Å². The van der Waals surface area contributed by atoms with Crippen LogP contribution in [0.2, 0.25) is 5.02 Å². The molecule has 0 fully saturated rings. The second kappa shape index (κ2) is 8.53. The van der Waals surface area contributed by atoms with Crippen molar-refractivity contribution in [3.05, 3.63) is 82.6 Å². The first kappa shape index (κ1) is 20.9. The van der Waals surface area contributed by atoms with Crippen molar-refractivity contribution in [2.75, 3.05) is 16.4 Å². The van der Waals surface area contributed by atoms with Gasteiger partial charge < -0.3 is 16.4 Å². The highest BCUT2D eigenvalue weighted by Gasteiger charge is 2.15. The Hall–Kier alpha value is -3.95. The van der Waals surface area contributed by atoms with Gasteiger partial charge in [0, 0.05) is 29.0 Å². The van der Waals surface area contributed by atoms with E-state index in [0.717, 1.165) is 28.4 Å². The predicted molar refractivity (Wildman–Crippen MR) is 132 cm³/mol. The highest BCUT2D eigenvalue weighted by molar-refractivity contribution is 7.14. The minimum atomic E-state index is -0.281. The molecule has 33 heavy (non-hydrogen) atoms. The fourth-order valence-electron chi connectivity index (χ4n) is 3.46. The van der Waals surface area contributed by atoms with E-state index in [0.29, 0.717) is 21.4 Å². The molecule has 0 aliphatic carbocycles. The summed E-state index contributed by atoms with van der Waals surface area (Å²) in [6.07, 6.45) is 3.40. The second-order valence-electron chi connectivity index (χ2n) is 7.26. The summed E-state index contributed by atoms with van der Waals surface area (Å²) < 4.78 is 1.94. The Kier molecular flexibility index (Phi) is 5.41. The van der Waals surface area contributed by atoms with Crippen molar-refractivity contribution in [3.8, 4) is 11.4 Å². The molecule has 10 heteroatoms. The maximum atomic E-state index is 12.7. The predicted octanol–water partition coefficient (Wildman–Crippen LogP) is 5.39. The molecule has 164 valence electrons. The van der Waals surface area contributed by atoms with Crippen LogP contribution in [0.15, 0.2) is 66.3 Å². The number of aryl methyl sites for hydroxylation is 1. The van der Waals surface area contributed by atoms with Gasteiger partial charge in [-0.05, 0) is 49.4 Å². The van der Waals surface area contributed by atoms with Crippen LogP contribution in [-0.2, 0) is 0 Å². The van der Waals surface area contributed by atoms with Gasteiger partial charge in [0.1, 0.15) is 17.2 Å². The molecular formula is C23H18ClN7OS. The SMILES string of the molecule is Cc1nc2ccc(Cl)cn2c1-c1csc(Nc2cccc(C(=O)Nc3cccnc3N)c2)n1. The molecule has 1 amide bonds. The van der Waals surface area contributed by atoms with Crippen molar-refractivity contribution < 1.29 is 4.79 Å². The van der Waals surface area contributed by atoms with Gasteiger partial charge in [-0.1, -0.05) is 17.7 Å². The third-order valence-electron chi connectivity index (χ3n) is 4.97. The number of nitrogens with zero attached hydrogens (tertiary/aromatic N) is 4. The van der Waals surface area contributed by atoms with Crippen molar-refractivity contribution in [3.63, 3.8) is 0 Å².